The van der Waals surface area contributed by atoms with Crippen LogP contribution in [0.1, 0.15) is 36.3 Å². The summed E-state index contributed by atoms with van der Waals surface area (Å²) in [5, 5.41) is 4.08. The smallest absolute Gasteiger partial charge is 0.167 e. The van der Waals surface area contributed by atoms with Gasteiger partial charge in [-0.25, -0.2) is 0 Å². The van der Waals surface area contributed by atoms with Crippen molar-refractivity contribution < 1.29 is 4.79 Å². The Labute approximate surface area is 170 Å². The van der Waals surface area contributed by atoms with Crippen molar-refractivity contribution in [2.24, 2.45) is 5.92 Å². The first-order chi connectivity index (χ1) is 13.6. The minimum absolute atomic E-state index is 0.227. The molecule has 1 unspecified atom stereocenters. The van der Waals surface area contributed by atoms with Gasteiger partial charge in [0.05, 0.1) is 16.9 Å². The Balaban J connectivity index is 1.73. The van der Waals surface area contributed by atoms with E-state index in [-0.39, 0.29) is 5.78 Å². The zero-order valence-electron chi connectivity index (χ0n) is 16.2. The number of aromatic amines is 1. The topological polar surface area (TPSA) is 57.8 Å². The number of nitrogens with zero attached hydrogens (tertiary/aromatic N) is 1. The lowest BCUT2D eigenvalue weighted by Gasteiger charge is -2.22. The number of carbonyl (C=O) groups is 1. The highest BCUT2D eigenvalue weighted by molar-refractivity contribution is 7.99. The molecular weight excluding hydrogens is 366 g/mol. The standard InChI is InChI=1S/C23H25N3OS/c1-15(2)28-14-16-12-19-21(20(27)13-16)23(25-18-6-4-3-5-7-18)22(26-19)17-8-10-24-11-9-17/h3-11,15-16,25-26H,12-14H2,1-2H3. The van der Waals surface area contributed by atoms with Crippen LogP contribution < -0.4 is 5.32 Å². The Morgan fingerprint density at radius 2 is 1.89 bits per heavy atom. The summed E-state index contributed by atoms with van der Waals surface area (Å²) < 4.78 is 0. The molecule has 0 saturated carbocycles. The number of nitrogens with one attached hydrogen (secondary N) is 2. The number of aromatic nitrogens is 2. The van der Waals surface area contributed by atoms with E-state index in [1.54, 1.807) is 12.4 Å². The van der Waals surface area contributed by atoms with E-state index in [4.69, 9.17) is 0 Å². The molecule has 1 aromatic carbocycles. The van der Waals surface area contributed by atoms with Crippen molar-refractivity contribution >= 4 is 28.9 Å². The number of H-pyrrole nitrogens is 1. The largest absolute Gasteiger partial charge is 0.356 e. The summed E-state index contributed by atoms with van der Waals surface area (Å²) in [5.41, 5.74) is 5.72. The number of ketones is 1. The zero-order chi connectivity index (χ0) is 19.5. The SMILES string of the molecule is CC(C)SCC1CC(=O)c2c([nH]c(-c3ccncc3)c2Nc2ccccc2)C1. The molecule has 2 heterocycles. The highest BCUT2D eigenvalue weighted by Crippen LogP contribution is 2.40. The number of rotatable bonds is 6. The van der Waals surface area contributed by atoms with Crippen LogP contribution in [0.5, 0.6) is 0 Å². The second-order valence-electron chi connectivity index (χ2n) is 7.54. The molecule has 2 N–H and O–H groups in total. The number of thioether (sulfide) groups is 1. The summed E-state index contributed by atoms with van der Waals surface area (Å²) in [6, 6.07) is 14.0. The van der Waals surface area contributed by atoms with Gasteiger partial charge in [0.25, 0.3) is 0 Å². The summed E-state index contributed by atoms with van der Waals surface area (Å²) in [7, 11) is 0. The molecule has 1 atom stereocenters. The molecule has 0 spiro atoms. The molecule has 0 fully saturated rings. The number of carbonyl (C=O) groups excluding carboxylic acids is 1. The normalized spacial score (nSPS) is 16.2. The van der Waals surface area contributed by atoms with E-state index in [1.165, 1.54) is 0 Å². The van der Waals surface area contributed by atoms with Crippen molar-refractivity contribution in [1.29, 1.82) is 0 Å². The molecule has 1 aliphatic rings. The monoisotopic (exact) mass is 391 g/mol. The average Bonchev–Trinajstić information content (AvgIpc) is 3.06. The van der Waals surface area contributed by atoms with Gasteiger partial charge in [-0.2, -0.15) is 11.8 Å². The van der Waals surface area contributed by atoms with E-state index in [0.29, 0.717) is 17.6 Å². The first-order valence-corrected chi connectivity index (χ1v) is 10.8. The fourth-order valence-corrected chi connectivity index (χ4v) is 4.60. The summed E-state index contributed by atoms with van der Waals surface area (Å²) in [6.45, 7) is 4.41. The van der Waals surface area contributed by atoms with E-state index in [9.17, 15) is 4.79 Å². The van der Waals surface area contributed by atoms with E-state index < -0.39 is 0 Å². The maximum atomic E-state index is 13.1. The lowest BCUT2D eigenvalue weighted by atomic mass is 9.87. The predicted molar refractivity (Wildman–Crippen MR) is 117 cm³/mol. The Bertz CT molecular complexity index is 951. The van der Waals surface area contributed by atoms with Gasteiger partial charge < -0.3 is 10.3 Å². The Kier molecular flexibility index (Phi) is 5.53. The zero-order valence-corrected chi connectivity index (χ0v) is 17.1. The first-order valence-electron chi connectivity index (χ1n) is 9.74. The summed E-state index contributed by atoms with van der Waals surface area (Å²) >= 11 is 1.93. The maximum Gasteiger partial charge on any atom is 0.167 e. The summed E-state index contributed by atoms with van der Waals surface area (Å²) in [5.74, 6) is 1.64. The molecule has 4 rings (SSSR count). The molecule has 1 aliphatic carbocycles. The summed E-state index contributed by atoms with van der Waals surface area (Å²) in [4.78, 5) is 20.8. The maximum absolute atomic E-state index is 13.1. The van der Waals surface area contributed by atoms with Crippen molar-refractivity contribution in [2.45, 2.75) is 31.9 Å². The number of fused-ring (bicyclic) bond motifs is 1. The quantitative estimate of drug-likeness (QED) is 0.565. The Morgan fingerprint density at radius 1 is 1.14 bits per heavy atom. The first kappa shape index (κ1) is 18.8. The highest BCUT2D eigenvalue weighted by Gasteiger charge is 2.31. The van der Waals surface area contributed by atoms with Crippen LogP contribution in [0.15, 0.2) is 54.9 Å². The molecule has 28 heavy (non-hydrogen) atoms. The van der Waals surface area contributed by atoms with Gasteiger partial charge in [-0.3, -0.25) is 9.78 Å². The van der Waals surface area contributed by atoms with Crippen molar-refractivity contribution in [2.75, 3.05) is 11.1 Å². The van der Waals surface area contributed by atoms with E-state index in [1.807, 2.05) is 54.2 Å². The molecule has 0 aliphatic heterocycles. The van der Waals surface area contributed by atoms with Crippen molar-refractivity contribution in [3.63, 3.8) is 0 Å². The van der Waals surface area contributed by atoms with E-state index in [0.717, 1.165) is 46.1 Å². The number of hydrogen-bond acceptors (Lipinski definition) is 4. The molecule has 0 radical (unpaired) electrons. The molecule has 0 amide bonds. The number of pyridine rings is 1. The van der Waals surface area contributed by atoms with Crippen molar-refractivity contribution in [1.82, 2.24) is 9.97 Å². The molecule has 4 nitrogen and oxygen atoms in total. The van der Waals surface area contributed by atoms with Crippen LogP contribution in [0.3, 0.4) is 0 Å². The van der Waals surface area contributed by atoms with Crippen LogP contribution in [0, 0.1) is 5.92 Å². The number of benzene rings is 1. The third-order valence-corrected chi connectivity index (χ3v) is 6.33. The van der Waals surface area contributed by atoms with Crippen LogP contribution >= 0.6 is 11.8 Å². The lowest BCUT2D eigenvalue weighted by Crippen LogP contribution is -2.22. The summed E-state index contributed by atoms with van der Waals surface area (Å²) in [6.07, 6.45) is 5.09. The van der Waals surface area contributed by atoms with Crippen LogP contribution in [0.2, 0.25) is 0 Å². The molecule has 144 valence electrons. The van der Waals surface area contributed by atoms with Crippen molar-refractivity contribution in [3.05, 3.63) is 66.1 Å². The van der Waals surface area contributed by atoms with Gasteiger partial charge in [-0.1, -0.05) is 32.0 Å². The Hall–Kier alpha value is -2.53. The third-order valence-electron chi connectivity index (χ3n) is 5.00. The van der Waals surface area contributed by atoms with Crippen LogP contribution in [-0.4, -0.2) is 26.8 Å². The van der Waals surface area contributed by atoms with Gasteiger partial charge in [0.15, 0.2) is 5.78 Å². The van der Waals surface area contributed by atoms with Gasteiger partial charge in [0.1, 0.15) is 0 Å². The van der Waals surface area contributed by atoms with Crippen molar-refractivity contribution in [3.8, 4) is 11.3 Å². The number of anilines is 2. The number of para-hydroxylation sites is 1. The average molecular weight is 392 g/mol. The highest BCUT2D eigenvalue weighted by atomic mass is 32.2. The second-order valence-corrected chi connectivity index (χ2v) is 9.14. The minimum Gasteiger partial charge on any atom is -0.356 e. The van der Waals surface area contributed by atoms with Gasteiger partial charge in [0, 0.05) is 35.8 Å². The van der Waals surface area contributed by atoms with Crippen LogP contribution in [0.25, 0.3) is 11.3 Å². The fourth-order valence-electron chi connectivity index (χ4n) is 3.71. The van der Waals surface area contributed by atoms with Gasteiger partial charge in [-0.15, -0.1) is 0 Å². The fraction of sp³-hybridized carbons (Fsp3) is 0.304. The van der Waals surface area contributed by atoms with E-state index in [2.05, 4.69) is 29.1 Å². The van der Waals surface area contributed by atoms with Gasteiger partial charge in [0.2, 0.25) is 0 Å². The number of Topliss-reactive ketones (excluding diaryl/α,β-unsaturated/α-hetero) is 1. The number of hydrogen-bond donors (Lipinski definition) is 2. The molecule has 5 heteroatoms. The van der Waals surface area contributed by atoms with Gasteiger partial charge >= 0.3 is 0 Å². The second kappa shape index (κ2) is 8.23. The molecule has 3 aromatic rings. The lowest BCUT2D eigenvalue weighted by molar-refractivity contribution is 0.0955. The third kappa shape index (κ3) is 3.99. The minimum atomic E-state index is 0.227. The molecule has 0 bridgehead atoms. The van der Waals surface area contributed by atoms with Crippen LogP contribution in [0.4, 0.5) is 11.4 Å². The molecule has 2 aromatic heterocycles. The molecular formula is C23H25N3OS. The Morgan fingerprint density at radius 3 is 2.61 bits per heavy atom. The van der Waals surface area contributed by atoms with E-state index >= 15 is 0 Å². The molecule has 0 saturated heterocycles. The van der Waals surface area contributed by atoms with Gasteiger partial charge in [-0.05, 0) is 47.6 Å². The van der Waals surface area contributed by atoms with Crippen LogP contribution in [-0.2, 0) is 6.42 Å². The predicted octanol–water partition coefficient (Wildman–Crippen LogP) is 5.71.